The van der Waals surface area contributed by atoms with E-state index in [0.29, 0.717) is 49.8 Å². The first kappa shape index (κ1) is 32.7. The number of aromatic nitrogens is 4. The second-order valence-electron chi connectivity index (χ2n) is 10.4. The number of carboxylic acids is 1. The Bertz CT molecular complexity index is 2370. The van der Waals surface area contributed by atoms with Crippen LogP contribution in [0.5, 0.6) is 0 Å². The third-order valence-electron chi connectivity index (χ3n) is 7.16. The van der Waals surface area contributed by atoms with Gasteiger partial charge in [-0.25, -0.2) is 24.7 Å². The molecule has 0 aliphatic heterocycles. The Morgan fingerprint density at radius 2 is 1.22 bits per heavy atom. The Kier molecular flexibility index (Phi) is 9.83. The number of thiazole rings is 2. The molecule has 4 aromatic heterocycles. The van der Waals surface area contributed by atoms with E-state index in [9.17, 15) is 9.59 Å². The smallest absolute Gasteiger partial charge is 0.339 e. The lowest BCUT2D eigenvalue weighted by Crippen LogP contribution is -2.11. The number of carboxylic acid groups (broad SMARTS) is 1. The molecule has 1 amide bonds. The Hall–Kier alpha value is -6.18. The van der Waals surface area contributed by atoms with Crippen molar-refractivity contribution in [2.24, 2.45) is 0 Å². The summed E-state index contributed by atoms with van der Waals surface area (Å²) in [6.45, 7) is 3.96. The number of nitrogens with two attached hydrogens (primary N) is 1. The van der Waals surface area contributed by atoms with Gasteiger partial charge in [0.1, 0.15) is 16.6 Å². The molecule has 244 valence electrons. The minimum Gasteiger partial charge on any atom is -0.478 e. The van der Waals surface area contributed by atoms with Crippen molar-refractivity contribution in [3.8, 4) is 22.9 Å². The van der Waals surface area contributed by atoms with E-state index >= 15 is 0 Å². The van der Waals surface area contributed by atoms with Gasteiger partial charge in [0.15, 0.2) is 21.4 Å². The monoisotopic (exact) mass is 688 g/mol. The number of benzene rings is 4. The number of nitrogen functional groups attached to an aromatic ring is 1. The first-order chi connectivity index (χ1) is 23.8. The summed E-state index contributed by atoms with van der Waals surface area (Å²) in [6, 6.07) is 25.8. The summed E-state index contributed by atoms with van der Waals surface area (Å²) in [7, 11) is 0. The van der Waals surface area contributed by atoms with Gasteiger partial charge in [-0.1, -0.05) is 48.5 Å². The zero-order valence-corrected chi connectivity index (χ0v) is 27.8. The fraction of sp³-hybridized carbons (Fsp3) is 0.0556. The molecule has 13 heteroatoms. The molecule has 0 spiro atoms. The largest absolute Gasteiger partial charge is 0.478 e. The predicted molar refractivity (Wildman–Crippen MR) is 192 cm³/mol. The summed E-state index contributed by atoms with van der Waals surface area (Å²) >= 11 is 2.81. The highest BCUT2D eigenvalue weighted by Gasteiger charge is 2.18. The molecule has 0 aliphatic carbocycles. The number of anilines is 2. The number of aryl methyl sites for hydroxylation is 2. The third-order valence-corrected chi connectivity index (χ3v) is 8.45. The molecular formula is C36H28N6O5S2. The van der Waals surface area contributed by atoms with E-state index in [-0.39, 0.29) is 11.5 Å². The SMILES string of the molecule is Cc1ccccc1-c1nc2cccc(C(=O)Nc3nccs3)c2o1.Cc1ccccc1-c1nc2cccc(C(=O)O)c2o1.Nc1nccs1. The molecule has 8 rings (SSSR count). The Morgan fingerprint density at radius 1 is 0.694 bits per heavy atom. The Morgan fingerprint density at radius 3 is 1.69 bits per heavy atom. The van der Waals surface area contributed by atoms with E-state index in [1.165, 1.54) is 28.7 Å². The van der Waals surface area contributed by atoms with Crippen LogP contribution in [-0.2, 0) is 0 Å². The van der Waals surface area contributed by atoms with Gasteiger partial charge in [0.25, 0.3) is 5.91 Å². The number of hydrogen-bond donors (Lipinski definition) is 3. The van der Waals surface area contributed by atoms with E-state index in [1.807, 2.05) is 73.8 Å². The number of carbonyl (C=O) groups excluding carboxylic acids is 1. The van der Waals surface area contributed by atoms with E-state index in [4.69, 9.17) is 19.7 Å². The van der Waals surface area contributed by atoms with E-state index < -0.39 is 5.97 Å². The maximum atomic E-state index is 12.5. The van der Waals surface area contributed by atoms with Crippen molar-refractivity contribution in [1.29, 1.82) is 0 Å². The lowest BCUT2D eigenvalue weighted by Gasteiger charge is -2.02. The fourth-order valence-electron chi connectivity index (χ4n) is 4.79. The zero-order chi connectivity index (χ0) is 34.3. The topological polar surface area (TPSA) is 170 Å². The molecule has 4 aromatic carbocycles. The van der Waals surface area contributed by atoms with Gasteiger partial charge in [0.05, 0.1) is 5.56 Å². The van der Waals surface area contributed by atoms with E-state index in [0.717, 1.165) is 22.3 Å². The zero-order valence-electron chi connectivity index (χ0n) is 26.2. The summed E-state index contributed by atoms with van der Waals surface area (Å²) in [6.07, 6.45) is 3.32. The first-order valence-electron chi connectivity index (χ1n) is 14.8. The van der Waals surface area contributed by atoms with Crippen LogP contribution >= 0.6 is 22.7 Å². The van der Waals surface area contributed by atoms with Crippen LogP contribution in [0.2, 0.25) is 0 Å². The Labute approximate surface area is 287 Å². The molecule has 0 radical (unpaired) electrons. The van der Waals surface area contributed by atoms with Crippen molar-refractivity contribution in [2.45, 2.75) is 13.8 Å². The molecule has 0 fully saturated rings. The predicted octanol–water partition coefficient (Wildman–Crippen LogP) is 8.74. The lowest BCUT2D eigenvalue weighted by molar-refractivity contribution is 0.0697. The molecule has 0 saturated heterocycles. The van der Waals surface area contributed by atoms with Gasteiger partial charge < -0.3 is 19.7 Å². The number of rotatable bonds is 5. The molecule has 4 heterocycles. The van der Waals surface area contributed by atoms with Crippen LogP contribution in [-0.4, -0.2) is 36.9 Å². The quantitative estimate of drug-likeness (QED) is 0.159. The molecular weight excluding hydrogens is 661 g/mol. The van der Waals surface area contributed by atoms with Gasteiger partial charge in [-0.2, -0.15) is 0 Å². The summed E-state index contributed by atoms with van der Waals surface area (Å²) in [5.41, 5.74) is 11.6. The summed E-state index contributed by atoms with van der Waals surface area (Å²) in [5, 5.41) is 16.7. The van der Waals surface area contributed by atoms with Crippen LogP contribution < -0.4 is 11.1 Å². The van der Waals surface area contributed by atoms with Crippen molar-refractivity contribution in [3.63, 3.8) is 0 Å². The minimum absolute atomic E-state index is 0.129. The third kappa shape index (κ3) is 7.53. The standard InChI is InChI=1S/C18H13N3O2S.C15H11NO3.C3H4N2S/c1-11-5-2-3-6-12(11)17-20-14-8-4-7-13(15(14)23-17)16(22)21-18-19-9-10-24-18;1-9-5-2-3-6-10(9)14-16-12-8-4-7-11(15(17)18)13(12)19-14;4-3-5-1-2-6-3/h2-10H,1H3,(H,19,21,22);2-8H,1H3,(H,17,18);1-2H,(H2,4,5). The molecule has 0 aliphatic rings. The average Bonchev–Trinajstić information content (AvgIpc) is 3.93. The number of hydrogen-bond acceptors (Lipinski definition) is 11. The number of amides is 1. The second kappa shape index (κ2) is 14.7. The van der Waals surface area contributed by atoms with Gasteiger partial charge >= 0.3 is 5.97 Å². The van der Waals surface area contributed by atoms with E-state index in [1.54, 1.807) is 42.0 Å². The molecule has 4 N–H and O–H groups in total. The maximum absolute atomic E-state index is 12.5. The normalized spacial score (nSPS) is 10.6. The van der Waals surface area contributed by atoms with Crippen molar-refractivity contribution >= 4 is 67.0 Å². The molecule has 11 nitrogen and oxygen atoms in total. The van der Waals surface area contributed by atoms with Gasteiger partial charge in [0.2, 0.25) is 11.8 Å². The van der Waals surface area contributed by atoms with E-state index in [2.05, 4.69) is 25.3 Å². The summed E-state index contributed by atoms with van der Waals surface area (Å²) < 4.78 is 11.6. The highest BCUT2D eigenvalue weighted by Crippen LogP contribution is 2.30. The summed E-state index contributed by atoms with van der Waals surface area (Å²) in [5.74, 6) is -0.319. The van der Waals surface area contributed by atoms with Crippen LogP contribution in [0, 0.1) is 13.8 Å². The van der Waals surface area contributed by atoms with Crippen molar-refractivity contribution in [3.05, 3.63) is 130 Å². The van der Waals surface area contributed by atoms with Crippen molar-refractivity contribution in [1.82, 2.24) is 19.9 Å². The number of nitrogens with zero attached hydrogens (tertiary/aromatic N) is 4. The number of carbonyl (C=O) groups is 2. The van der Waals surface area contributed by atoms with Gasteiger partial charge in [-0.05, 0) is 61.4 Å². The Balaban J connectivity index is 0.000000148. The van der Waals surface area contributed by atoms with Gasteiger partial charge in [-0.3, -0.25) is 10.1 Å². The number of para-hydroxylation sites is 2. The first-order valence-corrected chi connectivity index (χ1v) is 16.5. The number of fused-ring (bicyclic) bond motifs is 2. The minimum atomic E-state index is -1.02. The number of aromatic carboxylic acids is 1. The van der Waals surface area contributed by atoms with Crippen LogP contribution in [0.1, 0.15) is 31.8 Å². The van der Waals surface area contributed by atoms with Gasteiger partial charge in [0, 0.05) is 34.3 Å². The molecule has 8 aromatic rings. The van der Waals surface area contributed by atoms with Crippen LogP contribution in [0.15, 0.2) is 117 Å². The fourth-order valence-corrected chi connectivity index (χ4v) is 5.69. The highest BCUT2D eigenvalue weighted by atomic mass is 32.1. The summed E-state index contributed by atoms with van der Waals surface area (Å²) in [4.78, 5) is 40.3. The maximum Gasteiger partial charge on any atom is 0.339 e. The lowest BCUT2D eigenvalue weighted by atomic mass is 10.1. The molecule has 0 saturated carbocycles. The van der Waals surface area contributed by atoms with Gasteiger partial charge in [-0.15, -0.1) is 22.7 Å². The van der Waals surface area contributed by atoms with Crippen LogP contribution in [0.3, 0.4) is 0 Å². The van der Waals surface area contributed by atoms with Crippen LogP contribution in [0.4, 0.5) is 10.3 Å². The molecule has 49 heavy (non-hydrogen) atoms. The molecule has 0 atom stereocenters. The average molecular weight is 689 g/mol. The van der Waals surface area contributed by atoms with Crippen molar-refractivity contribution < 1.29 is 23.5 Å². The molecule has 0 bridgehead atoms. The molecule has 0 unspecified atom stereocenters. The number of nitrogens with one attached hydrogen (secondary N) is 1. The number of oxazole rings is 2. The second-order valence-corrected chi connectivity index (χ2v) is 12.3. The van der Waals surface area contributed by atoms with Crippen molar-refractivity contribution in [2.75, 3.05) is 11.1 Å². The van der Waals surface area contributed by atoms with Crippen LogP contribution in [0.25, 0.3) is 45.1 Å². The highest BCUT2D eigenvalue weighted by molar-refractivity contribution is 7.13.